The SMILES string of the molecule is CC(=O)N(CC(=O)Nc1ccc(Br)cc1)c1ccc(F)cc1F. The van der Waals surface area contributed by atoms with Gasteiger partial charge in [0.2, 0.25) is 11.8 Å². The molecule has 7 heteroatoms. The van der Waals surface area contributed by atoms with Gasteiger partial charge in [0.15, 0.2) is 0 Å². The Morgan fingerprint density at radius 2 is 1.78 bits per heavy atom. The van der Waals surface area contributed by atoms with Gasteiger partial charge >= 0.3 is 0 Å². The predicted molar refractivity (Wildman–Crippen MR) is 87.2 cm³/mol. The minimum absolute atomic E-state index is 0.148. The van der Waals surface area contributed by atoms with E-state index >= 15 is 0 Å². The molecule has 23 heavy (non-hydrogen) atoms. The smallest absolute Gasteiger partial charge is 0.244 e. The Morgan fingerprint density at radius 1 is 1.13 bits per heavy atom. The molecule has 2 aromatic rings. The molecule has 0 atom stereocenters. The second-order valence-corrected chi connectivity index (χ2v) is 5.67. The number of nitrogens with one attached hydrogen (secondary N) is 1. The van der Waals surface area contributed by atoms with Gasteiger partial charge in [-0.2, -0.15) is 0 Å². The fourth-order valence-electron chi connectivity index (χ4n) is 1.94. The molecule has 0 fully saturated rings. The van der Waals surface area contributed by atoms with Crippen LogP contribution in [0.1, 0.15) is 6.92 Å². The van der Waals surface area contributed by atoms with Crippen molar-refractivity contribution < 1.29 is 18.4 Å². The first-order chi connectivity index (χ1) is 10.9. The zero-order valence-corrected chi connectivity index (χ0v) is 13.7. The van der Waals surface area contributed by atoms with Crippen LogP contribution in [0.5, 0.6) is 0 Å². The molecule has 0 spiro atoms. The zero-order chi connectivity index (χ0) is 17.0. The topological polar surface area (TPSA) is 49.4 Å². The molecule has 2 rings (SSSR count). The average molecular weight is 383 g/mol. The van der Waals surface area contributed by atoms with E-state index in [1.807, 2.05) is 0 Å². The summed E-state index contributed by atoms with van der Waals surface area (Å²) in [6, 6.07) is 9.67. The third-order valence-electron chi connectivity index (χ3n) is 3.01. The molecule has 0 radical (unpaired) electrons. The number of benzene rings is 2. The van der Waals surface area contributed by atoms with Crippen LogP contribution in [0.4, 0.5) is 20.2 Å². The van der Waals surface area contributed by atoms with Crippen LogP contribution in [-0.2, 0) is 9.59 Å². The highest BCUT2D eigenvalue weighted by Crippen LogP contribution is 2.21. The number of anilines is 2. The van der Waals surface area contributed by atoms with Crippen LogP contribution in [0, 0.1) is 11.6 Å². The fourth-order valence-corrected chi connectivity index (χ4v) is 2.21. The van der Waals surface area contributed by atoms with Crippen molar-refractivity contribution in [2.24, 2.45) is 0 Å². The molecule has 0 bridgehead atoms. The van der Waals surface area contributed by atoms with Crippen molar-refractivity contribution in [1.82, 2.24) is 0 Å². The van der Waals surface area contributed by atoms with E-state index in [1.165, 1.54) is 6.92 Å². The highest BCUT2D eigenvalue weighted by Gasteiger charge is 2.19. The van der Waals surface area contributed by atoms with E-state index in [1.54, 1.807) is 24.3 Å². The molecule has 0 aliphatic rings. The summed E-state index contributed by atoms with van der Waals surface area (Å²) in [6.45, 7) is 0.823. The van der Waals surface area contributed by atoms with Gasteiger partial charge < -0.3 is 10.2 Å². The van der Waals surface area contributed by atoms with Gasteiger partial charge in [-0.25, -0.2) is 8.78 Å². The summed E-state index contributed by atoms with van der Waals surface area (Å²) >= 11 is 3.28. The van der Waals surface area contributed by atoms with E-state index in [0.29, 0.717) is 11.8 Å². The predicted octanol–water partition coefficient (Wildman–Crippen LogP) is 3.72. The lowest BCUT2D eigenvalue weighted by Crippen LogP contribution is -2.37. The fraction of sp³-hybridized carbons (Fsp3) is 0.125. The summed E-state index contributed by atoms with van der Waals surface area (Å²) in [5, 5.41) is 2.60. The molecule has 0 saturated heterocycles. The van der Waals surface area contributed by atoms with Crippen LogP contribution in [-0.4, -0.2) is 18.4 Å². The number of hydrogen-bond acceptors (Lipinski definition) is 2. The molecule has 0 aliphatic carbocycles. The standard InChI is InChI=1S/C16H13BrF2N2O2/c1-10(22)21(15-7-4-12(18)8-14(15)19)9-16(23)20-13-5-2-11(17)3-6-13/h2-8H,9H2,1H3,(H,20,23). The Balaban J connectivity index is 2.14. The maximum Gasteiger partial charge on any atom is 0.244 e. The summed E-state index contributed by atoms with van der Waals surface area (Å²) in [6.07, 6.45) is 0. The summed E-state index contributed by atoms with van der Waals surface area (Å²) in [7, 11) is 0. The maximum absolute atomic E-state index is 13.8. The van der Waals surface area contributed by atoms with Crippen LogP contribution in [0.3, 0.4) is 0 Å². The van der Waals surface area contributed by atoms with Gasteiger partial charge in [0.05, 0.1) is 5.69 Å². The second-order valence-electron chi connectivity index (χ2n) is 4.76. The summed E-state index contributed by atoms with van der Waals surface area (Å²) < 4.78 is 27.6. The number of hydrogen-bond donors (Lipinski definition) is 1. The lowest BCUT2D eigenvalue weighted by atomic mass is 10.2. The Kier molecular flexibility index (Phi) is 5.44. The second kappa shape index (κ2) is 7.32. The average Bonchev–Trinajstić information content (AvgIpc) is 2.48. The number of nitrogens with zero attached hydrogens (tertiary/aromatic N) is 1. The minimum atomic E-state index is -0.906. The van der Waals surface area contributed by atoms with Crippen LogP contribution >= 0.6 is 15.9 Å². The lowest BCUT2D eigenvalue weighted by molar-refractivity contribution is -0.120. The van der Waals surface area contributed by atoms with Gasteiger partial charge in [-0.15, -0.1) is 0 Å². The quantitative estimate of drug-likeness (QED) is 0.875. The molecule has 0 aromatic heterocycles. The first-order valence-corrected chi connectivity index (χ1v) is 7.44. The van der Waals surface area contributed by atoms with Crippen molar-refractivity contribution in [3.63, 3.8) is 0 Å². The number of carbonyl (C=O) groups is 2. The van der Waals surface area contributed by atoms with Crippen molar-refractivity contribution in [2.45, 2.75) is 6.92 Å². The highest BCUT2D eigenvalue weighted by atomic mass is 79.9. The molecule has 0 saturated carbocycles. The van der Waals surface area contributed by atoms with Crippen molar-refractivity contribution in [3.05, 3.63) is 58.6 Å². The van der Waals surface area contributed by atoms with Gasteiger partial charge in [-0.1, -0.05) is 15.9 Å². The van der Waals surface area contributed by atoms with E-state index in [0.717, 1.165) is 21.5 Å². The summed E-state index contributed by atoms with van der Waals surface area (Å²) in [5.41, 5.74) is 0.395. The summed E-state index contributed by atoms with van der Waals surface area (Å²) in [4.78, 5) is 24.7. The zero-order valence-electron chi connectivity index (χ0n) is 12.1. The van der Waals surface area contributed by atoms with E-state index < -0.39 is 23.4 Å². The number of amides is 2. The van der Waals surface area contributed by atoms with E-state index in [4.69, 9.17) is 0 Å². The molecule has 0 unspecified atom stereocenters. The monoisotopic (exact) mass is 382 g/mol. The van der Waals surface area contributed by atoms with Gasteiger partial charge in [-0.05, 0) is 36.4 Å². The van der Waals surface area contributed by atoms with E-state index in [9.17, 15) is 18.4 Å². The Labute approximate surface area is 140 Å². The van der Waals surface area contributed by atoms with Crippen molar-refractivity contribution in [1.29, 1.82) is 0 Å². The van der Waals surface area contributed by atoms with Crippen molar-refractivity contribution in [3.8, 4) is 0 Å². The molecule has 2 aromatic carbocycles. The lowest BCUT2D eigenvalue weighted by Gasteiger charge is -2.21. The first-order valence-electron chi connectivity index (χ1n) is 6.65. The first kappa shape index (κ1) is 17.1. The van der Waals surface area contributed by atoms with Gasteiger partial charge in [-0.3, -0.25) is 9.59 Å². The minimum Gasteiger partial charge on any atom is -0.325 e. The molecular formula is C16H13BrF2N2O2. The van der Waals surface area contributed by atoms with Crippen LogP contribution in [0.2, 0.25) is 0 Å². The third kappa shape index (κ3) is 4.59. The number of rotatable bonds is 4. The van der Waals surface area contributed by atoms with Crippen molar-refractivity contribution >= 4 is 39.1 Å². The van der Waals surface area contributed by atoms with E-state index in [-0.39, 0.29) is 12.2 Å². The number of carbonyl (C=O) groups excluding carboxylic acids is 2. The third-order valence-corrected chi connectivity index (χ3v) is 3.54. The molecule has 120 valence electrons. The Morgan fingerprint density at radius 3 is 2.35 bits per heavy atom. The van der Waals surface area contributed by atoms with Gasteiger partial charge in [0.1, 0.15) is 18.2 Å². The van der Waals surface area contributed by atoms with Crippen LogP contribution < -0.4 is 10.2 Å². The molecule has 0 heterocycles. The highest BCUT2D eigenvalue weighted by molar-refractivity contribution is 9.10. The van der Waals surface area contributed by atoms with Crippen molar-refractivity contribution in [2.75, 3.05) is 16.8 Å². The molecule has 2 amide bonds. The maximum atomic E-state index is 13.8. The van der Waals surface area contributed by atoms with Gasteiger partial charge in [0.25, 0.3) is 0 Å². The Bertz CT molecular complexity index is 735. The largest absolute Gasteiger partial charge is 0.325 e. The van der Waals surface area contributed by atoms with Crippen LogP contribution in [0.25, 0.3) is 0 Å². The summed E-state index contributed by atoms with van der Waals surface area (Å²) in [5.74, 6) is -2.68. The molecule has 0 aliphatic heterocycles. The molecule has 4 nitrogen and oxygen atoms in total. The van der Waals surface area contributed by atoms with Gasteiger partial charge in [0, 0.05) is 23.2 Å². The van der Waals surface area contributed by atoms with Crippen LogP contribution in [0.15, 0.2) is 46.9 Å². The molecule has 1 N–H and O–H groups in total. The normalized spacial score (nSPS) is 10.3. The Hall–Kier alpha value is -2.28. The molecular weight excluding hydrogens is 370 g/mol. The number of halogens is 3. The van der Waals surface area contributed by atoms with E-state index in [2.05, 4.69) is 21.2 Å².